The third kappa shape index (κ3) is 1.86. The van der Waals surface area contributed by atoms with Crippen LogP contribution >= 0.6 is 11.6 Å². The number of hydrogen-bond donors (Lipinski definition) is 0. The van der Waals surface area contributed by atoms with Gasteiger partial charge in [-0.15, -0.1) is 11.6 Å². The maximum atomic E-state index is 5.72. The summed E-state index contributed by atoms with van der Waals surface area (Å²) in [6.45, 7) is 3.99. The van der Waals surface area contributed by atoms with Crippen molar-refractivity contribution >= 4 is 11.6 Å². The fraction of sp³-hybridized carbons (Fsp3) is 0.667. The lowest BCUT2D eigenvalue weighted by Gasteiger charge is -2.24. The Hall–Kier alpha value is -0.540. The van der Waals surface area contributed by atoms with Gasteiger partial charge in [0.25, 0.3) is 0 Å². The second-order valence-electron chi connectivity index (χ2n) is 3.05. The zero-order valence-electron chi connectivity index (χ0n) is 8.13. The van der Waals surface area contributed by atoms with E-state index in [0.29, 0.717) is 5.88 Å². The molecule has 0 aliphatic heterocycles. The number of hydrogen-bond acceptors (Lipinski definition) is 3. The Labute approximate surface area is 83.1 Å². The normalized spacial score (nSPS) is 15.7. The lowest BCUT2D eigenvalue weighted by atomic mass is 9.98. The summed E-state index contributed by atoms with van der Waals surface area (Å²) in [4.78, 5) is 4.02. The number of methoxy groups -OCH3 is 1. The minimum absolute atomic E-state index is 0.352. The molecule has 4 heteroatoms. The molecular formula is C9H14ClNO2. The maximum Gasteiger partial charge on any atom is 0.181 e. The molecule has 0 aromatic carbocycles. The van der Waals surface area contributed by atoms with Gasteiger partial charge in [0, 0.05) is 7.11 Å². The second kappa shape index (κ2) is 4.11. The standard InChI is InChI=1S/C9H14ClNO2/c1-4-9(2,12-3)8-7(5-10)11-6-13-8/h6H,4-5H2,1-3H3. The average Bonchev–Trinajstić information content (AvgIpc) is 2.65. The van der Waals surface area contributed by atoms with E-state index < -0.39 is 5.60 Å². The van der Waals surface area contributed by atoms with Crippen LogP contribution in [0.2, 0.25) is 0 Å². The van der Waals surface area contributed by atoms with E-state index in [4.69, 9.17) is 20.8 Å². The third-order valence-electron chi connectivity index (χ3n) is 2.37. The van der Waals surface area contributed by atoms with E-state index in [1.165, 1.54) is 6.39 Å². The highest BCUT2D eigenvalue weighted by molar-refractivity contribution is 6.16. The molecule has 0 saturated carbocycles. The van der Waals surface area contributed by atoms with Gasteiger partial charge in [-0.05, 0) is 13.3 Å². The van der Waals surface area contributed by atoms with Gasteiger partial charge in [-0.2, -0.15) is 0 Å². The predicted molar refractivity (Wildman–Crippen MR) is 50.7 cm³/mol. The maximum absolute atomic E-state index is 5.72. The van der Waals surface area contributed by atoms with Crippen LogP contribution in [-0.4, -0.2) is 12.1 Å². The number of oxazole rings is 1. The van der Waals surface area contributed by atoms with E-state index in [9.17, 15) is 0 Å². The monoisotopic (exact) mass is 203 g/mol. The van der Waals surface area contributed by atoms with Crippen LogP contribution in [0.3, 0.4) is 0 Å². The largest absolute Gasteiger partial charge is 0.445 e. The lowest BCUT2D eigenvalue weighted by Crippen LogP contribution is -2.23. The number of aromatic nitrogens is 1. The number of ether oxygens (including phenoxy) is 1. The molecule has 1 unspecified atom stereocenters. The second-order valence-corrected chi connectivity index (χ2v) is 3.32. The lowest BCUT2D eigenvalue weighted by molar-refractivity contribution is -0.0197. The number of halogens is 1. The number of rotatable bonds is 4. The van der Waals surface area contributed by atoms with E-state index in [2.05, 4.69) is 4.98 Å². The van der Waals surface area contributed by atoms with Gasteiger partial charge < -0.3 is 9.15 Å². The van der Waals surface area contributed by atoms with Crippen LogP contribution < -0.4 is 0 Å². The molecular weight excluding hydrogens is 190 g/mol. The van der Waals surface area contributed by atoms with Crippen molar-refractivity contribution in [2.24, 2.45) is 0 Å². The summed E-state index contributed by atoms with van der Waals surface area (Å²) in [5, 5.41) is 0. The van der Waals surface area contributed by atoms with Crippen LogP contribution in [-0.2, 0) is 16.2 Å². The zero-order valence-corrected chi connectivity index (χ0v) is 8.89. The first-order chi connectivity index (χ1) is 6.18. The summed E-state index contributed by atoms with van der Waals surface area (Å²) >= 11 is 5.72. The Morgan fingerprint density at radius 2 is 2.38 bits per heavy atom. The van der Waals surface area contributed by atoms with Gasteiger partial charge in [0.15, 0.2) is 12.2 Å². The van der Waals surface area contributed by atoms with Gasteiger partial charge in [-0.25, -0.2) is 4.98 Å². The minimum Gasteiger partial charge on any atom is -0.445 e. The first-order valence-corrected chi connectivity index (χ1v) is 4.75. The highest BCUT2D eigenvalue weighted by Crippen LogP contribution is 2.30. The quantitative estimate of drug-likeness (QED) is 0.706. The Kier molecular flexibility index (Phi) is 3.33. The molecule has 13 heavy (non-hydrogen) atoms. The Balaban J connectivity index is 3.03. The van der Waals surface area contributed by atoms with Gasteiger partial charge >= 0.3 is 0 Å². The van der Waals surface area contributed by atoms with Crippen LogP contribution in [0.1, 0.15) is 31.7 Å². The van der Waals surface area contributed by atoms with Crippen molar-refractivity contribution in [2.45, 2.75) is 31.7 Å². The molecule has 1 rings (SSSR count). The smallest absolute Gasteiger partial charge is 0.181 e. The van der Waals surface area contributed by atoms with E-state index >= 15 is 0 Å². The molecule has 0 aliphatic rings. The number of nitrogens with zero attached hydrogens (tertiary/aromatic N) is 1. The van der Waals surface area contributed by atoms with Crippen molar-refractivity contribution in [1.29, 1.82) is 0 Å². The van der Waals surface area contributed by atoms with E-state index in [1.54, 1.807) is 7.11 Å². The molecule has 1 aromatic rings. The SMILES string of the molecule is CCC(C)(OC)c1ocnc1CCl. The van der Waals surface area contributed by atoms with Crippen LogP contribution in [0, 0.1) is 0 Å². The Morgan fingerprint density at radius 3 is 2.85 bits per heavy atom. The van der Waals surface area contributed by atoms with Gasteiger partial charge in [-0.1, -0.05) is 6.92 Å². The predicted octanol–water partition coefficient (Wildman–Crippen LogP) is 2.69. The van der Waals surface area contributed by atoms with Gasteiger partial charge in [0.1, 0.15) is 5.60 Å². The molecule has 0 saturated heterocycles. The van der Waals surface area contributed by atoms with Crippen molar-refractivity contribution in [3.63, 3.8) is 0 Å². The van der Waals surface area contributed by atoms with Crippen LogP contribution in [0.4, 0.5) is 0 Å². The summed E-state index contributed by atoms with van der Waals surface area (Å²) in [5.41, 5.74) is 0.341. The summed E-state index contributed by atoms with van der Waals surface area (Å²) in [7, 11) is 1.66. The summed E-state index contributed by atoms with van der Waals surface area (Å²) in [6.07, 6.45) is 2.22. The first-order valence-electron chi connectivity index (χ1n) is 4.22. The van der Waals surface area contributed by atoms with Crippen molar-refractivity contribution in [3.05, 3.63) is 17.8 Å². The van der Waals surface area contributed by atoms with E-state index in [-0.39, 0.29) is 0 Å². The molecule has 0 radical (unpaired) electrons. The van der Waals surface area contributed by atoms with Crippen LogP contribution in [0.15, 0.2) is 10.8 Å². The van der Waals surface area contributed by atoms with Crippen molar-refractivity contribution in [1.82, 2.24) is 4.98 Å². The fourth-order valence-corrected chi connectivity index (χ4v) is 1.38. The molecule has 0 bridgehead atoms. The van der Waals surface area contributed by atoms with Crippen molar-refractivity contribution in [3.8, 4) is 0 Å². The van der Waals surface area contributed by atoms with Crippen molar-refractivity contribution < 1.29 is 9.15 Å². The summed E-state index contributed by atoms with van der Waals surface area (Å²) in [5.74, 6) is 1.08. The highest BCUT2D eigenvalue weighted by atomic mass is 35.5. The fourth-order valence-electron chi connectivity index (χ4n) is 1.19. The van der Waals surface area contributed by atoms with Crippen molar-refractivity contribution in [2.75, 3.05) is 7.11 Å². The zero-order chi connectivity index (χ0) is 9.90. The topological polar surface area (TPSA) is 35.3 Å². The molecule has 0 N–H and O–H groups in total. The Morgan fingerprint density at radius 1 is 1.69 bits per heavy atom. The summed E-state index contributed by atoms with van der Waals surface area (Å²) in [6, 6.07) is 0. The molecule has 0 amide bonds. The highest BCUT2D eigenvalue weighted by Gasteiger charge is 2.30. The van der Waals surface area contributed by atoms with Crippen LogP contribution in [0.5, 0.6) is 0 Å². The number of alkyl halides is 1. The molecule has 0 aliphatic carbocycles. The van der Waals surface area contributed by atoms with Gasteiger partial charge in [-0.3, -0.25) is 0 Å². The van der Waals surface area contributed by atoms with Gasteiger partial charge in [0.05, 0.1) is 11.6 Å². The molecule has 3 nitrogen and oxygen atoms in total. The average molecular weight is 204 g/mol. The van der Waals surface area contributed by atoms with E-state index in [1.807, 2.05) is 13.8 Å². The van der Waals surface area contributed by atoms with Crippen LogP contribution in [0.25, 0.3) is 0 Å². The van der Waals surface area contributed by atoms with Gasteiger partial charge in [0.2, 0.25) is 0 Å². The molecule has 1 heterocycles. The first kappa shape index (κ1) is 10.5. The summed E-state index contributed by atoms with van der Waals surface area (Å²) < 4.78 is 10.7. The molecule has 0 spiro atoms. The molecule has 1 aromatic heterocycles. The third-order valence-corrected chi connectivity index (χ3v) is 2.63. The Bertz CT molecular complexity index is 268. The minimum atomic E-state index is -0.416. The molecule has 1 atom stereocenters. The van der Waals surface area contributed by atoms with E-state index in [0.717, 1.165) is 17.9 Å². The molecule has 74 valence electrons. The molecule has 0 fully saturated rings.